The average Bonchev–Trinajstić information content (AvgIpc) is 3.25. The maximum Gasteiger partial charge on any atom is 0.224 e. The van der Waals surface area contributed by atoms with Gasteiger partial charge in [0.05, 0.1) is 5.69 Å². The Balaban J connectivity index is 0.00000225. The summed E-state index contributed by atoms with van der Waals surface area (Å²) in [5.74, 6) is 1.49. The topological polar surface area (TPSA) is 79.6 Å². The van der Waals surface area contributed by atoms with Crippen molar-refractivity contribution in [2.24, 2.45) is 0 Å². The van der Waals surface area contributed by atoms with Crippen molar-refractivity contribution < 1.29 is 4.52 Å². The molecule has 3 heterocycles. The molecule has 4 aromatic rings. The molecule has 0 aliphatic rings. The summed E-state index contributed by atoms with van der Waals surface area (Å²) in [6, 6.07) is 8.38. The van der Waals surface area contributed by atoms with E-state index in [0.717, 1.165) is 64.1 Å². The zero-order valence-corrected chi connectivity index (χ0v) is 17.1. The number of unbranched alkanes of at least 4 members (excludes halogenated alkanes) is 1. The molecule has 6 nitrogen and oxygen atoms in total. The van der Waals surface area contributed by atoms with Gasteiger partial charge in [0.1, 0.15) is 11.4 Å². The molecular formula is C21H24ClN5O. The molecule has 146 valence electrons. The third-order valence-electron chi connectivity index (χ3n) is 4.74. The molecule has 0 fully saturated rings. The average molecular weight is 398 g/mol. The van der Waals surface area contributed by atoms with Gasteiger partial charge in [0.15, 0.2) is 0 Å². The molecule has 2 N–H and O–H groups in total. The molecule has 0 spiro atoms. The SMILES string of the molecule is CCCCNc1ncc2c(-c3cccc(-c4c(C)noc4C)c3)c[nH]c2n1.Cl. The van der Waals surface area contributed by atoms with Crippen LogP contribution < -0.4 is 5.32 Å². The monoisotopic (exact) mass is 397 g/mol. The zero-order chi connectivity index (χ0) is 18.8. The number of halogens is 1. The highest BCUT2D eigenvalue weighted by atomic mass is 35.5. The molecule has 0 aliphatic heterocycles. The van der Waals surface area contributed by atoms with Crippen molar-refractivity contribution >= 4 is 29.4 Å². The predicted molar refractivity (Wildman–Crippen MR) is 115 cm³/mol. The molecule has 0 saturated heterocycles. The van der Waals surface area contributed by atoms with Gasteiger partial charge in [-0.3, -0.25) is 0 Å². The number of nitrogens with zero attached hydrogens (tertiary/aromatic N) is 3. The number of hydrogen-bond donors (Lipinski definition) is 2. The molecule has 0 saturated carbocycles. The summed E-state index contributed by atoms with van der Waals surface area (Å²) in [6.07, 6.45) is 6.11. The fourth-order valence-electron chi connectivity index (χ4n) is 3.35. The highest BCUT2D eigenvalue weighted by Crippen LogP contribution is 2.33. The molecule has 28 heavy (non-hydrogen) atoms. The summed E-state index contributed by atoms with van der Waals surface area (Å²) in [7, 11) is 0. The van der Waals surface area contributed by atoms with Crippen molar-refractivity contribution in [3.63, 3.8) is 0 Å². The highest BCUT2D eigenvalue weighted by molar-refractivity contribution is 5.94. The van der Waals surface area contributed by atoms with E-state index in [2.05, 4.69) is 56.6 Å². The highest BCUT2D eigenvalue weighted by Gasteiger charge is 2.14. The van der Waals surface area contributed by atoms with Gasteiger partial charge >= 0.3 is 0 Å². The lowest BCUT2D eigenvalue weighted by molar-refractivity contribution is 0.393. The Morgan fingerprint density at radius 1 is 1.18 bits per heavy atom. The Hall–Kier alpha value is -2.86. The summed E-state index contributed by atoms with van der Waals surface area (Å²) in [5, 5.41) is 8.34. The largest absolute Gasteiger partial charge is 0.361 e. The van der Waals surface area contributed by atoms with Crippen LogP contribution in [-0.4, -0.2) is 26.7 Å². The van der Waals surface area contributed by atoms with Crippen LogP contribution in [0.25, 0.3) is 33.3 Å². The third kappa shape index (κ3) is 3.73. The minimum absolute atomic E-state index is 0. The molecule has 0 aliphatic carbocycles. The van der Waals surface area contributed by atoms with E-state index in [-0.39, 0.29) is 12.4 Å². The van der Waals surface area contributed by atoms with Crippen LogP contribution in [0.3, 0.4) is 0 Å². The lowest BCUT2D eigenvalue weighted by Gasteiger charge is -2.06. The van der Waals surface area contributed by atoms with E-state index in [1.54, 1.807) is 0 Å². The second-order valence-electron chi connectivity index (χ2n) is 6.72. The van der Waals surface area contributed by atoms with Crippen LogP contribution in [0.5, 0.6) is 0 Å². The minimum atomic E-state index is 0. The quantitative estimate of drug-likeness (QED) is 0.418. The maximum atomic E-state index is 5.32. The first-order valence-corrected chi connectivity index (χ1v) is 9.29. The first-order valence-electron chi connectivity index (χ1n) is 9.29. The van der Waals surface area contributed by atoms with Crippen molar-refractivity contribution in [3.05, 3.63) is 48.1 Å². The number of nitrogens with one attached hydrogen (secondary N) is 2. The number of aromatic amines is 1. The van der Waals surface area contributed by atoms with Gasteiger partial charge in [-0.1, -0.05) is 36.7 Å². The normalized spacial score (nSPS) is 10.8. The van der Waals surface area contributed by atoms with E-state index in [9.17, 15) is 0 Å². The van der Waals surface area contributed by atoms with Crippen LogP contribution in [0, 0.1) is 13.8 Å². The second-order valence-corrected chi connectivity index (χ2v) is 6.72. The predicted octanol–water partition coefficient (Wildman–Crippen LogP) is 5.53. The van der Waals surface area contributed by atoms with Crippen LogP contribution in [0.1, 0.15) is 31.2 Å². The molecule has 0 unspecified atom stereocenters. The number of anilines is 1. The molecule has 0 radical (unpaired) electrons. The van der Waals surface area contributed by atoms with E-state index in [1.807, 2.05) is 26.2 Å². The summed E-state index contributed by atoms with van der Waals surface area (Å²) in [5.41, 5.74) is 6.07. The summed E-state index contributed by atoms with van der Waals surface area (Å²) >= 11 is 0. The fraction of sp³-hybridized carbons (Fsp3) is 0.286. The Labute approximate surface area is 170 Å². The summed E-state index contributed by atoms with van der Waals surface area (Å²) in [4.78, 5) is 12.3. The summed E-state index contributed by atoms with van der Waals surface area (Å²) < 4.78 is 5.32. The van der Waals surface area contributed by atoms with Crippen molar-refractivity contribution in [3.8, 4) is 22.3 Å². The molecule has 3 aromatic heterocycles. The number of benzene rings is 1. The Morgan fingerprint density at radius 2 is 2.00 bits per heavy atom. The van der Waals surface area contributed by atoms with Gasteiger partial charge in [0.2, 0.25) is 5.95 Å². The van der Waals surface area contributed by atoms with E-state index < -0.39 is 0 Å². The van der Waals surface area contributed by atoms with Gasteiger partial charge < -0.3 is 14.8 Å². The van der Waals surface area contributed by atoms with Gasteiger partial charge in [0.25, 0.3) is 0 Å². The standard InChI is InChI=1S/C21H23N5O.ClH/c1-4-5-9-22-21-24-12-18-17(11-23-20(18)25-21)15-7-6-8-16(10-15)19-13(2)26-27-14(19)3;/h6-8,10-12H,4-5,9H2,1-3H3,(H2,22,23,24,25);1H. The van der Waals surface area contributed by atoms with Gasteiger partial charge in [-0.2, -0.15) is 4.98 Å². The molecule has 0 bridgehead atoms. The summed E-state index contributed by atoms with van der Waals surface area (Å²) in [6.45, 7) is 6.95. The molecular weight excluding hydrogens is 374 g/mol. The number of rotatable bonds is 6. The minimum Gasteiger partial charge on any atom is -0.361 e. The smallest absolute Gasteiger partial charge is 0.224 e. The molecule has 4 rings (SSSR count). The van der Waals surface area contributed by atoms with Crippen molar-refractivity contribution in [1.29, 1.82) is 0 Å². The van der Waals surface area contributed by atoms with Crippen LogP contribution >= 0.6 is 12.4 Å². The molecule has 7 heteroatoms. The number of fused-ring (bicyclic) bond motifs is 1. The maximum absolute atomic E-state index is 5.32. The number of aryl methyl sites for hydroxylation is 2. The van der Waals surface area contributed by atoms with Crippen LogP contribution in [0.4, 0.5) is 5.95 Å². The van der Waals surface area contributed by atoms with Crippen molar-refractivity contribution in [1.82, 2.24) is 20.1 Å². The lowest BCUT2D eigenvalue weighted by Crippen LogP contribution is -2.04. The van der Waals surface area contributed by atoms with Gasteiger partial charge in [0, 0.05) is 35.5 Å². The van der Waals surface area contributed by atoms with Crippen LogP contribution in [0.15, 0.2) is 41.2 Å². The number of aromatic nitrogens is 4. The molecule has 0 amide bonds. The Morgan fingerprint density at radius 3 is 2.75 bits per heavy atom. The second kappa shape index (κ2) is 8.44. The van der Waals surface area contributed by atoms with Crippen LogP contribution in [-0.2, 0) is 0 Å². The Kier molecular flexibility index (Phi) is 5.99. The fourth-order valence-corrected chi connectivity index (χ4v) is 3.35. The lowest BCUT2D eigenvalue weighted by atomic mass is 9.98. The zero-order valence-electron chi connectivity index (χ0n) is 16.2. The van der Waals surface area contributed by atoms with Gasteiger partial charge in [-0.05, 0) is 37.5 Å². The van der Waals surface area contributed by atoms with E-state index in [4.69, 9.17) is 4.52 Å². The number of hydrogen-bond acceptors (Lipinski definition) is 5. The molecule has 1 aromatic carbocycles. The first kappa shape index (κ1) is 19.9. The van der Waals surface area contributed by atoms with E-state index in [1.165, 1.54) is 0 Å². The van der Waals surface area contributed by atoms with E-state index in [0.29, 0.717) is 5.95 Å². The van der Waals surface area contributed by atoms with Crippen LogP contribution in [0.2, 0.25) is 0 Å². The first-order chi connectivity index (χ1) is 13.2. The van der Waals surface area contributed by atoms with Gasteiger partial charge in [-0.25, -0.2) is 4.98 Å². The van der Waals surface area contributed by atoms with E-state index >= 15 is 0 Å². The van der Waals surface area contributed by atoms with Crippen molar-refractivity contribution in [2.75, 3.05) is 11.9 Å². The molecule has 0 atom stereocenters. The van der Waals surface area contributed by atoms with Crippen molar-refractivity contribution in [2.45, 2.75) is 33.6 Å². The number of H-pyrrole nitrogens is 1. The van der Waals surface area contributed by atoms with Gasteiger partial charge in [-0.15, -0.1) is 12.4 Å². The Bertz CT molecular complexity index is 1070. The third-order valence-corrected chi connectivity index (χ3v) is 4.74.